The summed E-state index contributed by atoms with van der Waals surface area (Å²) >= 11 is 0. The highest BCUT2D eigenvalue weighted by atomic mass is 28.2. The topological polar surface area (TPSA) is 139 Å². The Morgan fingerprint density at radius 2 is 1.90 bits per heavy atom. The molecule has 0 aliphatic carbocycles. The fourth-order valence-electron chi connectivity index (χ4n) is 1.47. The molecule has 0 radical (unpaired) electrons. The maximum absolute atomic E-state index is 11.5. The highest BCUT2D eigenvalue weighted by Gasteiger charge is 2.33. The van der Waals surface area contributed by atoms with Gasteiger partial charge >= 0.3 is 0 Å². The van der Waals surface area contributed by atoms with Gasteiger partial charge in [-0.25, -0.2) is 0 Å². The number of carbonyl (C=O) groups is 1. The van der Waals surface area contributed by atoms with E-state index in [1.807, 2.05) is 6.92 Å². The number of carbonyl (C=O) groups excluding carboxylic acids is 1. The maximum Gasteiger partial charge on any atom is 0.251 e. The van der Waals surface area contributed by atoms with Crippen molar-refractivity contribution in [3.8, 4) is 0 Å². The van der Waals surface area contributed by atoms with E-state index in [-0.39, 0.29) is 0 Å². The monoisotopic (exact) mass is 311 g/mol. The first kappa shape index (κ1) is 19.4. The van der Waals surface area contributed by atoms with Gasteiger partial charge in [0, 0.05) is 13.2 Å². The van der Waals surface area contributed by atoms with Crippen LogP contribution >= 0.6 is 0 Å². The lowest BCUT2D eigenvalue weighted by Gasteiger charge is -2.24. The summed E-state index contributed by atoms with van der Waals surface area (Å²) in [5.41, 5.74) is 0. The van der Waals surface area contributed by atoms with E-state index in [4.69, 9.17) is 14.6 Å². The number of hydrogen-bond acceptors (Lipinski definition) is 7. The van der Waals surface area contributed by atoms with Gasteiger partial charge in [0.1, 0.15) is 18.3 Å². The third kappa shape index (κ3) is 7.29. The van der Waals surface area contributed by atoms with Crippen molar-refractivity contribution in [1.82, 2.24) is 5.32 Å². The zero-order chi connectivity index (χ0) is 15.5. The molecule has 1 amide bonds. The molecule has 0 saturated carbocycles. The summed E-state index contributed by atoms with van der Waals surface area (Å²) in [4.78, 5) is 11.5. The Morgan fingerprint density at radius 1 is 1.25 bits per heavy atom. The summed E-state index contributed by atoms with van der Waals surface area (Å²) in [5.74, 6) is -0.834. The zero-order valence-corrected chi connectivity index (χ0v) is 13.0. The summed E-state index contributed by atoms with van der Waals surface area (Å²) in [7, 11) is -0.559. The molecular weight excluding hydrogens is 286 g/mol. The summed E-state index contributed by atoms with van der Waals surface area (Å²) in [5, 5.41) is 48.5. The van der Waals surface area contributed by atoms with Crippen LogP contribution in [0.2, 0.25) is 6.04 Å². The van der Waals surface area contributed by atoms with Crippen LogP contribution in [-0.2, 0) is 9.22 Å². The number of aliphatic hydroxyl groups is 5. The molecule has 0 aromatic rings. The van der Waals surface area contributed by atoms with Gasteiger partial charge < -0.3 is 35.3 Å². The van der Waals surface area contributed by atoms with Crippen molar-refractivity contribution in [2.75, 3.05) is 19.8 Å². The van der Waals surface area contributed by atoms with Crippen molar-refractivity contribution in [2.24, 2.45) is 0 Å². The molecule has 120 valence electrons. The molecule has 0 aromatic carbocycles. The molecule has 0 saturated heterocycles. The van der Waals surface area contributed by atoms with Crippen LogP contribution in [0.5, 0.6) is 0 Å². The van der Waals surface area contributed by atoms with Crippen molar-refractivity contribution in [3.63, 3.8) is 0 Å². The fourth-order valence-corrected chi connectivity index (χ4v) is 2.41. The summed E-state index contributed by atoms with van der Waals surface area (Å²) in [6, 6.07) is 0.888. The molecule has 0 fully saturated rings. The quantitative estimate of drug-likeness (QED) is 0.172. The Labute approximate surface area is 120 Å². The molecule has 9 heteroatoms. The van der Waals surface area contributed by atoms with E-state index in [1.165, 1.54) is 0 Å². The van der Waals surface area contributed by atoms with Crippen molar-refractivity contribution in [1.29, 1.82) is 0 Å². The summed E-state index contributed by atoms with van der Waals surface area (Å²) in [6.45, 7) is 2.16. The molecule has 4 atom stereocenters. The van der Waals surface area contributed by atoms with Gasteiger partial charge in [-0.3, -0.25) is 4.79 Å². The summed E-state index contributed by atoms with van der Waals surface area (Å²) < 4.78 is 5.25. The molecule has 20 heavy (non-hydrogen) atoms. The van der Waals surface area contributed by atoms with Crippen LogP contribution in [0.15, 0.2) is 0 Å². The molecule has 0 aliphatic heterocycles. The van der Waals surface area contributed by atoms with Gasteiger partial charge in [-0.05, 0) is 19.4 Å². The van der Waals surface area contributed by atoms with Gasteiger partial charge in [0.25, 0.3) is 5.91 Å². The van der Waals surface area contributed by atoms with Gasteiger partial charge in [0.2, 0.25) is 0 Å². The Kier molecular flexibility index (Phi) is 10.8. The van der Waals surface area contributed by atoms with Gasteiger partial charge in [0.15, 0.2) is 15.9 Å². The lowest BCUT2D eigenvalue weighted by Crippen LogP contribution is -2.51. The first-order valence-corrected chi connectivity index (χ1v) is 8.22. The molecule has 6 N–H and O–H groups in total. The second-order valence-corrected chi connectivity index (χ2v) is 5.89. The van der Waals surface area contributed by atoms with Crippen LogP contribution < -0.4 is 5.32 Å². The van der Waals surface area contributed by atoms with E-state index < -0.39 is 46.7 Å². The predicted octanol–water partition coefficient (Wildman–Crippen LogP) is -3.53. The summed E-state index contributed by atoms with van der Waals surface area (Å²) in [6.07, 6.45) is -6.44. The minimum absolute atomic E-state index is 0.335. The van der Waals surface area contributed by atoms with Crippen LogP contribution in [0.3, 0.4) is 0 Å². The van der Waals surface area contributed by atoms with E-state index in [0.717, 1.165) is 6.04 Å². The molecule has 0 aliphatic rings. The third-order valence-electron chi connectivity index (χ3n) is 2.74. The Hall–Kier alpha value is -0.553. The van der Waals surface area contributed by atoms with Crippen LogP contribution in [0, 0.1) is 0 Å². The van der Waals surface area contributed by atoms with E-state index in [1.54, 1.807) is 0 Å². The lowest BCUT2D eigenvalue weighted by molar-refractivity contribution is -0.148. The molecular formula is C11H25NO7Si. The molecule has 0 spiro atoms. The number of rotatable bonds is 11. The van der Waals surface area contributed by atoms with Crippen LogP contribution in [0.1, 0.15) is 13.3 Å². The Bertz CT molecular complexity index is 269. The first-order chi connectivity index (χ1) is 9.45. The molecule has 0 aromatic heterocycles. The number of aliphatic hydroxyl groups excluding tert-OH is 5. The molecule has 1 unspecified atom stereocenters. The van der Waals surface area contributed by atoms with E-state index >= 15 is 0 Å². The van der Waals surface area contributed by atoms with Gasteiger partial charge in [-0.15, -0.1) is 0 Å². The van der Waals surface area contributed by atoms with Crippen molar-refractivity contribution >= 4 is 15.7 Å². The molecule has 0 rings (SSSR count). The number of nitrogens with one attached hydrogen (secondary N) is 1. The number of amides is 1. The maximum atomic E-state index is 11.5. The highest BCUT2D eigenvalue weighted by molar-refractivity contribution is 6.26. The first-order valence-electron chi connectivity index (χ1n) is 6.64. The molecule has 0 bridgehead atoms. The molecule has 8 nitrogen and oxygen atoms in total. The third-order valence-corrected chi connectivity index (χ3v) is 4.23. The van der Waals surface area contributed by atoms with Crippen LogP contribution in [-0.4, -0.2) is 85.4 Å². The van der Waals surface area contributed by atoms with E-state index in [9.17, 15) is 20.1 Å². The SMILES string of the molecule is CCO[SiH2]CCCNC(=O)C(O)[C@@H](O)[C@H](O)[C@H](O)CO. The standard InChI is InChI=1S/C11H25NO7Si/c1-2-19-20-5-3-4-12-11(18)10(17)9(16)8(15)7(14)6-13/h7-10,13-17H,2-6,20H2,1H3,(H,12,18)/t7-,8-,9+,10?/m1/s1. The largest absolute Gasteiger partial charge is 0.424 e. The van der Waals surface area contributed by atoms with Gasteiger partial charge in [0.05, 0.1) is 6.61 Å². The average Bonchev–Trinajstić information content (AvgIpc) is 2.47. The normalized spacial score (nSPS) is 17.9. The van der Waals surface area contributed by atoms with Crippen molar-refractivity contribution in [2.45, 2.75) is 43.8 Å². The smallest absolute Gasteiger partial charge is 0.251 e. The van der Waals surface area contributed by atoms with Crippen LogP contribution in [0.25, 0.3) is 0 Å². The van der Waals surface area contributed by atoms with Crippen molar-refractivity contribution < 1.29 is 34.8 Å². The lowest BCUT2D eigenvalue weighted by atomic mass is 10.0. The molecule has 0 heterocycles. The minimum atomic E-state index is -1.87. The minimum Gasteiger partial charge on any atom is -0.424 e. The second kappa shape index (κ2) is 11.1. The number of hydrogen-bond donors (Lipinski definition) is 6. The Morgan fingerprint density at radius 3 is 2.45 bits per heavy atom. The fraction of sp³-hybridized carbons (Fsp3) is 0.909. The van der Waals surface area contributed by atoms with Gasteiger partial charge in [-0.1, -0.05) is 0 Å². The highest BCUT2D eigenvalue weighted by Crippen LogP contribution is 2.05. The predicted molar refractivity (Wildman–Crippen MR) is 73.7 cm³/mol. The van der Waals surface area contributed by atoms with Gasteiger partial charge in [-0.2, -0.15) is 0 Å². The van der Waals surface area contributed by atoms with Crippen molar-refractivity contribution in [3.05, 3.63) is 0 Å². The van der Waals surface area contributed by atoms with E-state index in [2.05, 4.69) is 5.32 Å². The zero-order valence-electron chi connectivity index (χ0n) is 11.6. The second-order valence-electron chi connectivity index (χ2n) is 4.37. The Balaban J connectivity index is 3.96. The van der Waals surface area contributed by atoms with E-state index in [0.29, 0.717) is 19.6 Å². The van der Waals surface area contributed by atoms with Crippen LogP contribution in [0.4, 0.5) is 0 Å². The average molecular weight is 311 g/mol.